The summed E-state index contributed by atoms with van der Waals surface area (Å²) in [4.78, 5) is 23.6. The summed E-state index contributed by atoms with van der Waals surface area (Å²) in [5.41, 5.74) is 0.590. The van der Waals surface area contributed by atoms with Crippen LogP contribution in [0.3, 0.4) is 0 Å². The molecular weight excluding hydrogens is 350 g/mol. The Morgan fingerprint density at radius 2 is 1.88 bits per heavy atom. The van der Waals surface area contributed by atoms with Gasteiger partial charge in [0, 0.05) is 19.7 Å². The van der Waals surface area contributed by atoms with Gasteiger partial charge in [-0.2, -0.15) is 8.78 Å². The summed E-state index contributed by atoms with van der Waals surface area (Å²) in [6.07, 6.45) is 0. The highest BCUT2D eigenvalue weighted by atomic mass is 19.3. The Balaban J connectivity index is 1.87. The molecule has 2 aromatic rings. The molecule has 2 aromatic carbocycles. The van der Waals surface area contributed by atoms with Gasteiger partial charge in [-0.05, 0) is 23.8 Å². The van der Waals surface area contributed by atoms with Crippen molar-refractivity contribution in [2.24, 2.45) is 0 Å². The van der Waals surface area contributed by atoms with E-state index < -0.39 is 11.5 Å². The highest BCUT2D eigenvalue weighted by molar-refractivity contribution is 5.77. The smallest absolute Gasteiger partial charge is 0.387 e. The largest absolute Gasteiger partial charge is 0.484 e. The lowest BCUT2D eigenvalue weighted by Gasteiger charge is -2.18. The van der Waals surface area contributed by atoms with E-state index in [9.17, 15) is 23.7 Å². The number of likely N-dealkylation sites (N-methyl/N-ethyl adjacent to an activating group) is 1. The molecule has 0 spiro atoms. The second kappa shape index (κ2) is 8.75. The van der Waals surface area contributed by atoms with Gasteiger partial charge < -0.3 is 14.4 Å². The Labute approximate surface area is 147 Å². The number of nitro benzene ring substituents is 1. The van der Waals surface area contributed by atoms with Crippen LogP contribution in [0, 0.1) is 10.1 Å². The molecule has 1 amide bonds. The van der Waals surface area contributed by atoms with Gasteiger partial charge in [-0.3, -0.25) is 14.9 Å². The van der Waals surface area contributed by atoms with Crippen LogP contribution in [0.1, 0.15) is 5.56 Å². The minimum atomic E-state index is -2.89. The fraction of sp³-hybridized carbons (Fsp3) is 0.235. The summed E-state index contributed by atoms with van der Waals surface area (Å²) in [7, 11) is 1.56. The number of rotatable bonds is 8. The topological polar surface area (TPSA) is 81.9 Å². The molecule has 0 aliphatic rings. The first-order valence-electron chi connectivity index (χ1n) is 7.50. The second-order valence-corrected chi connectivity index (χ2v) is 5.32. The number of benzene rings is 2. The van der Waals surface area contributed by atoms with Crippen LogP contribution in [0.4, 0.5) is 14.5 Å². The molecule has 0 saturated heterocycles. The standard InChI is InChI=1S/C17H16F2N2O5/c1-20(10-12-5-7-14(8-6-12)26-17(18)19)16(22)11-25-15-4-2-3-13(9-15)21(23)24/h2-9,17H,10-11H2,1H3. The molecule has 9 heteroatoms. The Morgan fingerprint density at radius 3 is 2.50 bits per heavy atom. The van der Waals surface area contributed by atoms with Crippen molar-refractivity contribution in [1.29, 1.82) is 0 Å². The van der Waals surface area contributed by atoms with Crippen molar-refractivity contribution in [3.63, 3.8) is 0 Å². The monoisotopic (exact) mass is 366 g/mol. The minimum Gasteiger partial charge on any atom is -0.484 e. The maximum Gasteiger partial charge on any atom is 0.387 e. The molecule has 0 saturated carbocycles. The quantitative estimate of drug-likeness (QED) is 0.529. The summed E-state index contributed by atoms with van der Waals surface area (Å²) >= 11 is 0. The lowest BCUT2D eigenvalue weighted by Crippen LogP contribution is -2.30. The normalized spacial score (nSPS) is 10.5. The number of carbonyl (C=O) groups excluding carboxylic acids is 1. The van der Waals surface area contributed by atoms with Crippen LogP contribution < -0.4 is 9.47 Å². The number of halogens is 2. The van der Waals surface area contributed by atoms with Crippen LogP contribution in [-0.4, -0.2) is 36.0 Å². The van der Waals surface area contributed by atoms with Crippen LogP contribution in [0.15, 0.2) is 48.5 Å². The third-order valence-electron chi connectivity index (χ3n) is 3.38. The maximum absolute atomic E-state index is 12.1. The first-order chi connectivity index (χ1) is 12.3. The van der Waals surface area contributed by atoms with Gasteiger partial charge in [0.25, 0.3) is 11.6 Å². The number of alkyl halides is 2. The third kappa shape index (κ3) is 5.69. The summed E-state index contributed by atoms with van der Waals surface area (Å²) in [5, 5.41) is 10.7. The molecule has 2 rings (SSSR count). The van der Waals surface area contributed by atoms with E-state index in [4.69, 9.17) is 4.74 Å². The molecule has 0 N–H and O–H groups in total. The number of nitrogens with zero attached hydrogens (tertiary/aromatic N) is 2. The van der Waals surface area contributed by atoms with E-state index in [1.54, 1.807) is 19.2 Å². The van der Waals surface area contributed by atoms with Crippen molar-refractivity contribution in [3.05, 3.63) is 64.2 Å². The molecule has 0 aromatic heterocycles. The lowest BCUT2D eigenvalue weighted by molar-refractivity contribution is -0.384. The van der Waals surface area contributed by atoms with Crippen molar-refractivity contribution < 1.29 is 28.0 Å². The maximum atomic E-state index is 12.1. The van der Waals surface area contributed by atoms with Crippen molar-refractivity contribution in [2.75, 3.05) is 13.7 Å². The van der Waals surface area contributed by atoms with Crippen molar-refractivity contribution in [2.45, 2.75) is 13.2 Å². The summed E-state index contributed by atoms with van der Waals surface area (Å²) in [6.45, 7) is -2.94. The first-order valence-corrected chi connectivity index (χ1v) is 7.50. The number of ether oxygens (including phenoxy) is 2. The van der Waals surface area contributed by atoms with E-state index in [2.05, 4.69) is 4.74 Å². The van der Waals surface area contributed by atoms with Gasteiger partial charge in [0.15, 0.2) is 6.61 Å². The Bertz CT molecular complexity index is 768. The van der Waals surface area contributed by atoms with E-state index in [-0.39, 0.29) is 36.2 Å². The summed E-state index contributed by atoms with van der Waals surface area (Å²) < 4.78 is 33.7. The van der Waals surface area contributed by atoms with Gasteiger partial charge in [-0.25, -0.2) is 0 Å². The van der Waals surface area contributed by atoms with E-state index in [1.165, 1.54) is 41.3 Å². The lowest BCUT2D eigenvalue weighted by atomic mass is 10.2. The highest BCUT2D eigenvalue weighted by Crippen LogP contribution is 2.19. The number of nitro groups is 1. The first kappa shape index (κ1) is 19.1. The van der Waals surface area contributed by atoms with Crippen molar-refractivity contribution in [3.8, 4) is 11.5 Å². The molecule has 0 heterocycles. The predicted octanol–water partition coefficient (Wildman–Crippen LogP) is 3.23. The fourth-order valence-corrected chi connectivity index (χ4v) is 2.08. The van der Waals surface area contributed by atoms with Crippen LogP contribution in [0.25, 0.3) is 0 Å². The molecule has 0 atom stereocenters. The molecule has 0 bridgehead atoms. The van der Waals surface area contributed by atoms with E-state index in [1.807, 2.05) is 0 Å². The summed E-state index contributed by atoms with van der Waals surface area (Å²) in [5.74, 6) is -0.0920. The van der Waals surface area contributed by atoms with Crippen LogP contribution in [0.5, 0.6) is 11.5 Å². The average Bonchev–Trinajstić information content (AvgIpc) is 2.61. The van der Waals surface area contributed by atoms with Crippen molar-refractivity contribution >= 4 is 11.6 Å². The molecule has 0 aliphatic heterocycles. The Morgan fingerprint density at radius 1 is 1.19 bits per heavy atom. The van der Waals surface area contributed by atoms with Crippen LogP contribution >= 0.6 is 0 Å². The van der Waals surface area contributed by atoms with Gasteiger partial charge in [0.1, 0.15) is 11.5 Å². The Kier molecular flexibility index (Phi) is 6.42. The molecule has 0 radical (unpaired) electrons. The van der Waals surface area contributed by atoms with Gasteiger partial charge in [-0.15, -0.1) is 0 Å². The number of carbonyl (C=O) groups is 1. The van der Waals surface area contributed by atoms with Crippen LogP contribution in [0.2, 0.25) is 0 Å². The predicted molar refractivity (Wildman–Crippen MR) is 88.1 cm³/mol. The SMILES string of the molecule is CN(Cc1ccc(OC(F)F)cc1)C(=O)COc1cccc([N+](=O)[O-])c1. The molecule has 0 aliphatic carbocycles. The number of amides is 1. The summed E-state index contributed by atoms with van der Waals surface area (Å²) in [6, 6.07) is 11.5. The van der Waals surface area contributed by atoms with E-state index in [0.717, 1.165) is 5.56 Å². The van der Waals surface area contributed by atoms with Gasteiger partial charge in [0.05, 0.1) is 11.0 Å². The zero-order valence-corrected chi connectivity index (χ0v) is 13.8. The molecular formula is C17H16F2N2O5. The van der Waals surface area contributed by atoms with Gasteiger partial charge in [-0.1, -0.05) is 18.2 Å². The molecule has 7 nitrogen and oxygen atoms in total. The number of non-ortho nitro benzene ring substituents is 1. The molecule has 138 valence electrons. The Hall–Kier alpha value is -3.23. The van der Waals surface area contributed by atoms with Crippen molar-refractivity contribution in [1.82, 2.24) is 4.90 Å². The van der Waals surface area contributed by atoms with E-state index >= 15 is 0 Å². The zero-order chi connectivity index (χ0) is 19.1. The zero-order valence-electron chi connectivity index (χ0n) is 13.8. The third-order valence-corrected chi connectivity index (χ3v) is 3.38. The molecule has 0 fully saturated rings. The fourth-order valence-electron chi connectivity index (χ4n) is 2.08. The van der Waals surface area contributed by atoms with Gasteiger partial charge in [0.2, 0.25) is 0 Å². The number of hydrogen-bond acceptors (Lipinski definition) is 5. The number of hydrogen-bond donors (Lipinski definition) is 0. The van der Waals surface area contributed by atoms with E-state index in [0.29, 0.717) is 0 Å². The average molecular weight is 366 g/mol. The minimum absolute atomic E-state index is 0.0340. The molecule has 0 unspecified atom stereocenters. The van der Waals surface area contributed by atoms with Crippen LogP contribution in [-0.2, 0) is 11.3 Å². The molecule has 26 heavy (non-hydrogen) atoms. The highest BCUT2D eigenvalue weighted by Gasteiger charge is 2.12. The van der Waals surface area contributed by atoms with Gasteiger partial charge >= 0.3 is 6.61 Å². The second-order valence-electron chi connectivity index (χ2n) is 5.32.